The molecule has 2 heterocycles. The van der Waals surface area contributed by atoms with Gasteiger partial charge in [-0.3, -0.25) is 9.59 Å². The number of rotatable bonds is 3. The first-order valence-corrected chi connectivity index (χ1v) is 8.96. The fourth-order valence-corrected chi connectivity index (χ4v) is 3.68. The summed E-state index contributed by atoms with van der Waals surface area (Å²) in [5.74, 6) is -0.383. The molecule has 27 heavy (non-hydrogen) atoms. The van der Waals surface area contributed by atoms with Crippen LogP contribution in [0.4, 0.5) is 10.1 Å². The summed E-state index contributed by atoms with van der Waals surface area (Å²) in [5, 5.41) is 8.45. The van der Waals surface area contributed by atoms with Crippen molar-refractivity contribution < 1.29 is 9.18 Å². The van der Waals surface area contributed by atoms with Crippen molar-refractivity contribution in [1.29, 1.82) is 0 Å². The number of amides is 1. The molecular formula is C20H19FN4O2. The van der Waals surface area contributed by atoms with Gasteiger partial charge in [-0.1, -0.05) is 17.3 Å². The number of carbonyl (C=O) groups is 1. The number of hydrogen-bond donors (Lipinski definition) is 0. The zero-order valence-electron chi connectivity index (χ0n) is 15.0. The summed E-state index contributed by atoms with van der Waals surface area (Å²) in [5.41, 5.74) is 2.68. The van der Waals surface area contributed by atoms with E-state index in [4.69, 9.17) is 0 Å². The summed E-state index contributed by atoms with van der Waals surface area (Å²) in [4.78, 5) is 27.0. The minimum atomic E-state index is -0.279. The van der Waals surface area contributed by atoms with Crippen LogP contribution < -0.4 is 10.5 Å². The summed E-state index contributed by atoms with van der Waals surface area (Å²) < 4.78 is 14.9. The molecule has 0 atom stereocenters. The van der Waals surface area contributed by atoms with Crippen LogP contribution in [0.15, 0.2) is 41.2 Å². The van der Waals surface area contributed by atoms with Crippen LogP contribution in [0.2, 0.25) is 0 Å². The van der Waals surface area contributed by atoms with Crippen LogP contribution >= 0.6 is 0 Å². The second kappa shape index (κ2) is 6.90. The van der Waals surface area contributed by atoms with Crippen molar-refractivity contribution >= 4 is 22.5 Å². The van der Waals surface area contributed by atoms with Crippen molar-refractivity contribution in [2.24, 2.45) is 0 Å². The summed E-state index contributed by atoms with van der Waals surface area (Å²) >= 11 is 0. The number of aryl methyl sites for hydroxylation is 3. The molecule has 1 amide bonds. The van der Waals surface area contributed by atoms with E-state index in [2.05, 4.69) is 10.3 Å². The zero-order valence-corrected chi connectivity index (χ0v) is 15.0. The lowest BCUT2D eigenvalue weighted by Crippen LogP contribution is -2.37. The van der Waals surface area contributed by atoms with Crippen LogP contribution in [-0.2, 0) is 17.8 Å². The average molecular weight is 366 g/mol. The largest absolute Gasteiger partial charge is 0.312 e. The van der Waals surface area contributed by atoms with Crippen molar-refractivity contribution in [2.45, 2.75) is 32.7 Å². The van der Waals surface area contributed by atoms with Gasteiger partial charge >= 0.3 is 0 Å². The van der Waals surface area contributed by atoms with E-state index in [0.29, 0.717) is 17.4 Å². The van der Waals surface area contributed by atoms with E-state index in [1.165, 1.54) is 16.8 Å². The van der Waals surface area contributed by atoms with E-state index < -0.39 is 0 Å². The monoisotopic (exact) mass is 366 g/mol. The highest BCUT2D eigenvalue weighted by molar-refractivity contribution is 5.95. The second-order valence-electron chi connectivity index (χ2n) is 6.76. The van der Waals surface area contributed by atoms with Crippen LogP contribution in [0.1, 0.15) is 24.0 Å². The van der Waals surface area contributed by atoms with E-state index in [1.54, 1.807) is 29.2 Å². The maximum atomic E-state index is 13.7. The molecule has 0 saturated carbocycles. The third-order valence-electron chi connectivity index (χ3n) is 4.91. The van der Waals surface area contributed by atoms with E-state index in [-0.39, 0.29) is 30.2 Å². The SMILES string of the molecule is Cc1cc(F)cc2c1N(C(=O)CCn1nnc3ccccc3c1=O)CCC2. The molecule has 0 N–H and O–H groups in total. The van der Waals surface area contributed by atoms with Gasteiger partial charge in [-0.25, -0.2) is 9.07 Å². The molecule has 0 saturated heterocycles. The standard InChI is InChI=1S/C20H19FN4O2/c1-13-11-15(21)12-14-5-4-9-24(19(13)14)18(26)8-10-25-20(27)16-6-2-3-7-17(16)22-23-25/h2-3,6-7,11-12H,4-5,8-10H2,1H3. The topological polar surface area (TPSA) is 68.1 Å². The highest BCUT2D eigenvalue weighted by Gasteiger charge is 2.25. The number of benzene rings is 2. The Morgan fingerprint density at radius 3 is 2.93 bits per heavy atom. The Morgan fingerprint density at radius 2 is 2.07 bits per heavy atom. The van der Waals surface area contributed by atoms with Gasteiger partial charge in [0.1, 0.15) is 11.3 Å². The molecule has 0 spiro atoms. The van der Waals surface area contributed by atoms with Crippen molar-refractivity contribution in [3.05, 3.63) is 63.7 Å². The Balaban J connectivity index is 1.56. The van der Waals surface area contributed by atoms with Gasteiger partial charge < -0.3 is 4.90 Å². The molecule has 6 nitrogen and oxygen atoms in total. The van der Waals surface area contributed by atoms with Crippen LogP contribution in [0.25, 0.3) is 10.9 Å². The van der Waals surface area contributed by atoms with Crippen LogP contribution in [0, 0.1) is 12.7 Å². The third-order valence-corrected chi connectivity index (χ3v) is 4.91. The zero-order chi connectivity index (χ0) is 19.0. The lowest BCUT2D eigenvalue weighted by atomic mass is 9.97. The summed E-state index contributed by atoms with van der Waals surface area (Å²) in [7, 11) is 0. The highest BCUT2D eigenvalue weighted by atomic mass is 19.1. The van der Waals surface area contributed by atoms with Crippen molar-refractivity contribution in [3.8, 4) is 0 Å². The molecule has 4 rings (SSSR count). The molecule has 1 aliphatic heterocycles. The molecule has 138 valence electrons. The first kappa shape index (κ1) is 17.3. The van der Waals surface area contributed by atoms with Crippen molar-refractivity contribution in [3.63, 3.8) is 0 Å². The Labute approximate surface area is 155 Å². The van der Waals surface area contributed by atoms with E-state index in [1.807, 2.05) is 6.92 Å². The van der Waals surface area contributed by atoms with E-state index in [0.717, 1.165) is 29.7 Å². The molecule has 0 aliphatic carbocycles. The average Bonchev–Trinajstić information content (AvgIpc) is 2.66. The first-order chi connectivity index (χ1) is 13.0. The minimum Gasteiger partial charge on any atom is -0.312 e. The van der Waals surface area contributed by atoms with Gasteiger partial charge in [-0.15, -0.1) is 5.10 Å². The second-order valence-corrected chi connectivity index (χ2v) is 6.76. The van der Waals surface area contributed by atoms with Crippen LogP contribution in [0.3, 0.4) is 0 Å². The van der Waals surface area contributed by atoms with Crippen molar-refractivity contribution in [2.75, 3.05) is 11.4 Å². The molecule has 0 unspecified atom stereocenters. The maximum absolute atomic E-state index is 13.7. The molecule has 1 aromatic heterocycles. The summed E-state index contributed by atoms with van der Waals surface area (Å²) in [6, 6.07) is 9.94. The van der Waals surface area contributed by atoms with Gasteiger partial charge in [0, 0.05) is 18.7 Å². The van der Waals surface area contributed by atoms with Gasteiger partial charge in [0.2, 0.25) is 5.91 Å². The fourth-order valence-electron chi connectivity index (χ4n) is 3.68. The smallest absolute Gasteiger partial charge is 0.277 e. The van der Waals surface area contributed by atoms with Gasteiger partial charge in [0.15, 0.2) is 0 Å². The highest BCUT2D eigenvalue weighted by Crippen LogP contribution is 2.32. The molecular weight excluding hydrogens is 347 g/mol. The number of nitrogens with zero attached hydrogens (tertiary/aromatic N) is 4. The fraction of sp³-hybridized carbons (Fsp3) is 0.300. The lowest BCUT2D eigenvalue weighted by molar-refractivity contribution is -0.119. The number of halogens is 1. The predicted octanol–water partition coefficient (Wildman–Crippen LogP) is 2.61. The number of anilines is 1. The Kier molecular flexibility index (Phi) is 4.43. The molecule has 7 heteroatoms. The number of carbonyl (C=O) groups excluding carboxylic acids is 1. The number of hydrogen-bond acceptors (Lipinski definition) is 4. The summed E-state index contributed by atoms with van der Waals surface area (Å²) in [6.07, 6.45) is 1.67. The molecule has 0 bridgehead atoms. The minimum absolute atomic E-state index is 0.104. The lowest BCUT2D eigenvalue weighted by Gasteiger charge is -2.31. The van der Waals surface area contributed by atoms with Crippen LogP contribution in [-0.4, -0.2) is 27.4 Å². The van der Waals surface area contributed by atoms with E-state index >= 15 is 0 Å². The van der Waals surface area contributed by atoms with Gasteiger partial charge in [0.25, 0.3) is 5.56 Å². The van der Waals surface area contributed by atoms with Gasteiger partial charge in [-0.05, 0) is 55.2 Å². The molecule has 0 fully saturated rings. The molecule has 2 aromatic carbocycles. The molecule has 0 radical (unpaired) electrons. The summed E-state index contributed by atoms with van der Waals surface area (Å²) in [6.45, 7) is 2.56. The Hall–Kier alpha value is -3.09. The Morgan fingerprint density at radius 1 is 1.26 bits per heavy atom. The van der Waals surface area contributed by atoms with Crippen LogP contribution in [0.5, 0.6) is 0 Å². The normalized spacial score (nSPS) is 13.6. The van der Waals surface area contributed by atoms with Gasteiger partial charge in [0.05, 0.1) is 11.9 Å². The number of fused-ring (bicyclic) bond motifs is 2. The molecule has 1 aliphatic rings. The number of aromatic nitrogens is 3. The van der Waals surface area contributed by atoms with Crippen molar-refractivity contribution in [1.82, 2.24) is 15.0 Å². The van der Waals surface area contributed by atoms with E-state index in [9.17, 15) is 14.0 Å². The first-order valence-electron chi connectivity index (χ1n) is 8.96. The quantitative estimate of drug-likeness (QED) is 0.715. The molecule has 3 aromatic rings. The third kappa shape index (κ3) is 3.20. The van der Waals surface area contributed by atoms with Gasteiger partial charge in [-0.2, -0.15) is 0 Å². The predicted molar refractivity (Wildman–Crippen MR) is 100 cm³/mol. The maximum Gasteiger partial charge on any atom is 0.277 e. The Bertz CT molecular complexity index is 1090.